The van der Waals surface area contributed by atoms with Crippen molar-refractivity contribution in [3.05, 3.63) is 76.6 Å². The van der Waals surface area contributed by atoms with Crippen molar-refractivity contribution in [1.82, 2.24) is 9.78 Å². The van der Waals surface area contributed by atoms with Gasteiger partial charge >= 0.3 is 0 Å². The minimum absolute atomic E-state index is 0.0698. The Morgan fingerprint density at radius 1 is 1.08 bits per heavy atom. The number of aromatic nitrogens is 2. The van der Waals surface area contributed by atoms with Crippen LogP contribution in [0.5, 0.6) is 11.5 Å². The first-order valence-corrected chi connectivity index (χ1v) is 11.9. The lowest BCUT2D eigenvalue weighted by Crippen LogP contribution is -2.37. The Kier molecular flexibility index (Phi) is 5.82. The van der Waals surface area contributed by atoms with Gasteiger partial charge in [-0.2, -0.15) is 5.10 Å². The number of methoxy groups -OCH3 is 2. The molecule has 0 unspecified atom stereocenters. The monoisotopic (exact) mass is 486 g/mol. The number of ketones is 1. The molecule has 1 aliphatic heterocycles. The van der Waals surface area contributed by atoms with Crippen molar-refractivity contribution in [3.8, 4) is 11.5 Å². The standard InChI is InChI=1S/C28H30N4O4/c1-16-6-9-18(10-7-16)30-27(34)19-15-29-32-25(17-8-11-22(35-4)23(12-17)36-5)24-20(31-26(19)32)13-28(2,3)14-21(24)33/h6-12,15,25,31H,13-14H2,1-5H3,(H,30,34)/t25-/m0/s1. The van der Waals surface area contributed by atoms with E-state index in [4.69, 9.17) is 9.47 Å². The van der Waals surface area contributed by atoms with E-state index >= 15 is 0 Å². The van der Waals surface area contributed by atoms with Gasteiger partial charge in [0.05, 0.1) is 20.4 Å². The largest absolute Gasteiger partial charge is 0.493 e. The molecule has 5 rings (SSSR count). The van der Waals surface area contributed by atoms with E-state index in [-0.39, 0.29) is 17.1 Å². The number of ether oxygens (including phenoxy) is 2. The fraction of sp³-hybridized carbons (Fsp3) is 0.321. The Labute approximate surface area is 210 Å². The van der Waals surface area contributed by atoms with Gasteiger partial charge in [-0.25, -0.2) is 4.68 Å². The zero-order valence-electron chi connectivity index (χ0n) is 21.1. The molecule has 0 spiro atoms. The predicted molar refractivity (Wildman–Crippen MR) is 138 cm³/mol. The second kappa shape index (κ2) is 8.86. The number of rotatable bonds is 5. The van der Waals surface area contributed by atoms with Crippen molar-refractivity contribution in [1.29, 1.82) is 0 Å². The first-order valence-electron chi connectivity index (χ1n) is 11.9. The number of Topliss-reactive ketones (excluding diaryl/α,β-unsaturated/α-hetero) is 1. The molecule has 1 atom stereocenters. The molecule has 2 aliphatic rings. The number of anilines is 2. The Morgan fingerprint density at radius 3 is 2.50 bits per heavy atom. The topological polar surface area (TPSA) is 94.5 Å². The number of allylic oxidation sites excluding steroid dienone is 2. The van der Waals surface area contributed by atoms with Crippen LogP contribution in [0.3, 0.4) is 0 Å². The third-order valence-corrected chi connectivity index (χ3v) is 6.78. The van der Waals surface area contributed by atoms with Crippen LogP contribution >= 0.6 is 0 Å². The highest BCUT2D eigenvalue weighted by Gasteiger charge is 2.42. The summed E-state index contributed by atoms with van der Waals surface area (Å²) in [6, 6.07) is 12.7. The Morgan fingerprint density at radius 2 is 1.81 bits per heavy atom. The normalized spacial score (nSPS) is 18.1. The molecular formula is C28H30N4O4. The predicted octanol–water partition coefficient (Wildman–Crippen LogP) is 5.12. The third-order valence-electron chi connectivity index (χ3n) is 6.78. The van der Waals surface area contributed by atoms with Crippen LogP contribution in [-0.4, -0.2) is 35.7 Å². The lowest BCUT2D eigenvalue weighted by molar-refractivity contribution is -0.118. The van der Waals surface area contributed by atoms with Gasteiger partial charge in [-0.15, -0.1) is 0 Å². The van der Waals surface area contributed by atoms with Crippen molar-refractivity contribution in [3.63, 3.8) is 0 Å². The molecule has 0 radical (unpaired) electrons. The molecule has 0 bridgehead atoms. The van der Waals surface area contributed by atoms with E-state index in [1.54, 1.807) is 25.1 Å². The first kappa shape index (κ1) is 23.7. The van der Waals surface area contributed by atoms with Crippen LogP contribution in [0.25, 0.3) is 0 Å². The SMILES string of the molecule is COc1ccc([C@H]2C3=C(CC(C)(C)CC3=O)Nc3c(C(=O)Nc4ccc(C)cc4)cnn32)cc1OC. The van der Waals surface area contributed by atoms with Gasteiger partial charge in [-0.05, 0) is 48.6 Å². The van der Waals surface area contributed by atoms with Crippen LogP contribution in [0, 0.1) is 12.3 Å². The number of carbonyl (C=O) groups is 2. The number of benzene rings is 2. The molecule has 36 heavy (non-hydrogen) atoms. The van der Waals surface area contributed by atoms with Crippen molar-refractivity contribution in [2.45, 2.75) is 39.7 Å². The van der Waals surface area contributed by atoms with Gasteiger partial charge in [0, 0.05) is 23.4 Å². The van der Waals surface area contributed by atoms with Crippen molar-refractivity contribution < 1.29 is 19.1 Å². The fourth-order valence-corrected chi connectivity index (χ4v) is 5.04. The maximum Gasteiger partial charge on any atom is 0.261 e. The molecule has 2 N–H and O–H groups in total. The van der Waals surface area contributed by atoms with E-state index in [1.807, 2.05) is 49.4 Å². The zero-order chi connectivity index (χ0) is 25.6. The fourth-order valence-electron chi connectivity index (χ4n) is 5.04. The molecule has 1 aliphatic carbocycles. The summed E-state index contributed by atoms with van der Waals surface area (Å²) in [6.45, 7) is 6.16. The summed E-state index contributed by atoms with van der Waals surface area (Å²) in [5.41, 5.74) is 4.34. The average molecular weight is 487 g/mol. The van der Waals surface area contributed by atoms with E-state index in [0.717, 1.165) is 16.8 Å². The molecule has 0 fully saturated rings. The van der Waals surface area contributed by atoms with Crippen LogP contribution in [-0.2, 0) is 4.79 Å². The van der Waals surface area contributed by atoms with Gasteiger partial charge in [0.1, 0.15) is 17.4 Å². The van der Waals surface area contributed by atoms with Crippen LogP contribution < -0.4 is 20.1 Å². The number of hydrogen-bond donors (Lipinski definition) is 2. The van der Waals surface area contributed by atoms with Crippen molar-refractivity contribution in [2.75, 3.05) is 24.9 Å². The maximum absolute atomic E-state index is 13.5. The Hall–Kier alpha value is -4.07. The first-order chi connectivity index (χ1) is 17.2. The second-order valence-electron chi connectivity index (χ2n) is 10.1. The van der Waals surface area contributed by atoms with E-state index in [1.165, 1.54) is 0 Å². The molecule has 0 saturated carbocycles. The Bertz CT molecular complexity index is 1390. The highest BCUT2D eigenvalue weighted by atomic mass is 16.5. The second-order valence-corrected chi connectivity index (χ2v) is 10.1. The Balaban J connectivity index is 1.61. The van der Waals surface area contributed by atoms with Crippen LogP contribution in [0.2, 0.25) is 0 Å². The summed E-state index contributed by atoms with van der Waals surface area (Å²) in [5.74, 6) is 1.51. The number of nitrogens with one attached hydrogen (secondary N) is 2. The number of fused-ring (bicyclic) bond motifs is 1. The third kappa shape index (κ3) is 4.12. The molecule has 2 heterocycles. The highest BCUT2D eigenvalue weighted by molar-refractivity contribution is 6.08. The van der Waals surface area contributed by atoms with Gasteiger partial charge in [-0.1, -0.05) is 37.6 Å². The van der Waals surface area contributed by atoms with Crippen LogP contribution in [0.15, 0.2) is 59.9 Å². The van der Waals surface area contributed by atoms with Crippen molar-refractivity contribution >= 4 is 23.2 Å². The minimum Gasteiger partial charge on any atom is -0.493 e. The van der Waals surface area contributed by atoms with E-state index in [9.17, 15) is 9.59 Å². The quantitative estimate of drug-likeness (QED) is 0.520. The average Bonchev–Trinajstić information content (AvgIpc) is 3.26. The van der Waals surface area contributed by atoms with Gasteiger partial charge < -0.3 is 20.1 Å². The summed E-state index contributed by atoms with van der Waals surface area (Å²) in [5, 5.41) is 10.9. The molecular weight excluding hydrogens is 456 g/mol. The summed E-state index contributed by atoms with van der Waals surface area (Å²) in [7, 11) is 3.16. The molecule has 0 saturated heterocycles. The molecule has 8 heteroatoms. The van der Waals surface area contributed by atoms with E-state index in [0.29, 0.717) is 47.0 Å². The number of hydrogen-bond acceptors (Lipinski definition) is 6. The van der Waals surface area contributed by atoms with Crippen LogP contribution in [0.4, 0.5) is 11.5 Å². The summed E-state index contributed by atoms with van der Waals surface area (Å²) in [6.07, 6.45) is 2.67. The van der Waals surface area contributed by atoms with Crippen molar-refractivity contribution in [2.24, 2.45) is 5.41 Å². The summed E-state index contributed by atoms with van der Waals surface area (Å²) < 4.78 is 12.7. The molecule has 3 aromatic rings. The molecule has 1 aromatic heterocycles. The summed E-state index contributed by atoms with van der Waals surface area (Å²) in [4.78, 5) is 26.7. The van der Waals surface area contributed by atoms with Gasteiger partial charge in [0.15, 0.2) is 17.3 Å². The zero-order valence-corrected chi connectivity index (χ0v) is 21.1. The number of amides is 1. The smallest absolute Gasteiger partial charge is 0.261 e. The number of nitrogens with zero attached hydrogens (tertiary/aromatic N) is 2. The van der Waals surface area contributed by atoms with Crippen LogP contribution in [0.1, 0.15) is 54.2 Å². The minimum atomic E-state index is -0.499. The van der Waals surface area contributed by atoms with Gasteiger partial charge in [0.2, 0.25) is 0 Å². The molecule has 1 amide bonds. The molecule has 8 nitrogen and oxygen atoms in total. The summed E-state index contributed by atoms with van der Waals surface area (Å²) >= 11 is 0. The number of aryl methyl sites for hydroxylation is 1. The molecule has 2 aromatic carbocycles. The van der Waals surface area contributed by atoms with E-state index < -0.39 is 6.04 Å². The maximum atomic E-state index is 13.5. The number of carbonyl (C=O) groups excluding carboxylic acids is 2. The lowest BCUT2D eigenvalue weighted by Gasteiger charge is -2.39. The van der Waals surface area contributed by atoms with Gasteiger partial charge in [0.25, 0.3) is 5.91 Å². The van der Waals surface area contributed by atoms with Gasteiger partial charge in [-0.3, -0.25) is 9.59 Å². The molecule has 186 valence electrons. The highest BCUT2D eigenvalue weighted by Crippen LogP contribution is 2.47. The van der Waals surface area contributed by atoms with E-state index in [2.05, 4.69) is 29.6 Å². The lowest BCUT2D eigenvalue weighted by atomic mass is 9.73.